The van der Waals surface area contributed by atoms with Crippen LogP contribution in [0.4, 0.5) is 0 Å². The van der Waals surface area contributed by atoms with Crippen LogP contribution < -0.4 is 0 Å². The maximum absolute atomic E-state index is 10.0. The van der Waals surface area contributed by atoms with E-state index in [1.165, 1.54) is 0 Å². The Morgan fingerprint density at radius 1 is 1.62 bits per heavy atom. The molecule has 2 heterocycles. The number of hydrogen-bond donors (Lipinski definition) is 1. The van der Waals surface area contributed by atoms with Crippen molar-refractivity contribution in [3.63, 3.8) is 0 Å². The van der Waals surface area contributed by atoms with Crippen molar-refractivity contribution >= 4 is 0 Å². The first-order chi connectivity index (χ1) is 7.77. The lowest BCUT2D eigenvalue weighted by atomic mass is 10.0. The second kappa shape index (κ2) is 5.41. The smallest absolute Gasteiger partial charge is 0.0963 e. The molecule has 1 aliphatic heterocycles. The molecular formula is C13H19NO2. The van der Waals surface area contributed by atoms with Crippen molar-refractivity contribution in [2.24, 2.45) is 0 Å². The summed E-state index contributed by atoms with van der Waals surface area (Å²) in [4.78, 5) is 4.23. The number of hydrogen-bond acceptors (Lipinski definition) is 3. The molecule has 2 unspecified atom stereocenters. The molecule has 3 heteroatoms. The second-order valence-corrected chi connectivity index (χ2v) is 4.43. The van der Waals surface area contributed by atoms with E-state index in [1.54, 1.807) is 6.20 Å². The van der Waals surface area contributed by atoms with Crippen molar-refractivity contribution < 1.29 is 9.84 Å². The quantitative estimate of drug-likeness (QED) is 0.848. The molecule has 1 fully saturated rings. The van der Waals surface area contributed by atoms with Gasteiger partial charge in [0, 0.05) is 12.8 Å². The molecule has 0 saturated carbocycles. The topological polar surface area (TPSA) is 42.4 Å². The van der Waals surface area contributed by atoms with E-state index in [9.17, 15) is 5.11 Å². The molecule has 0 aliphatic carbocycles. The molecule has 0 radical (unpaired) electrons. The Kier molecular flexibility index (Phi) is 3.91. The summed E-state index contributed by atoms with van der Waals surface area (Å²) in [5.41, 5.74) is 1.86. The van der Waals surface area contributed by atoms with Crippen LogP contribution in [0, 0.1) is 6.92 Å². The summed E-state index contributed by atoms with van der Waals surface area (Å²) in [7, 11) is 0. The number of ether oxygens (including phenoxy) is 1. The highest BCUT2D eigenvalue weighted by Gasteiger charge is 2.18. The third-order valence-corrected chi connectivity index (χ3v) is 3.15. The molecular weight excluding hydrogens is 202 g/mol. The van der Waals surface area contributed by atoms with Crippen LogP contribution in [0.3, 0.4) is 0 Å². The summed E-state index contributed by atoms with van der Waals surface area (Å²) >= 11 is 0. The van der Waals surface area contributed by atoms with E-state index in [-0.39, 0.29) is 0 Å². The number of nitrogens with zero attached hydrogens (tertiary/aromatic N) is 1. The van der Waals surface area contributed by atoms with Gasteiger partial charge in [0.1, 0.15) is 0 Å². The predicted molar refractivity (Wildman–Crippen MR) is 62.1 cm³/mol. The maximum atomic E-state index is 10.0. The Labute approximate surface area is 96.5 Å². The number of aryl methyl sites for hydroxylation is 1. The summed E-state index contributed by atoms with van der Waals surface area (Å²) < 4.78 is 5.54. The zero-order valence-electron chi connectivity index (χ0n) is 9.72. The lowest BCUT2D eigenvalue weighted by molar-refractivity contribution is 0.0800. The van der Waals surface area contributed by atoms with Gasteiger partial charge in [-0.2, -0.15) is 0 Å². The van der Waals surface area contributed by atoms with E-state index >= 15 is 0 Å². The summed E-state index contributed by atoms with van der Waals surface area (Å²) in [6.07, 6.45) is 5.58. The normalized spacial score (nSPS) is 22.2. The fourth-order valence-electron chi connectivity index (χ4n) is 2.20. The van der Waals surface area contributed by atoms with Gasteiger partial charge in [-0.25, -0.2) is 0 Å². The standard InChI is InChI=1S/C13H19NO2/c1-10-4-2-8-14-13(10)12(15)7-6-11-5-3-9-16-11/h2,4,8,11-12,15H,3,5-7,9H2,1H3. The van der Waals surface area contributed by atoms with Crippen molar-refractivity contribution in [2.45, 2.75) is 44.8 Å². The molecule has 0 spiro atoms. The van der Waals surface area contributed by atoms with Gasteiger partial charge in [-0.1, -0.05) is 6.07 Å². The van der Waals surface area contributed by atoms with Gasteiger partial charge < -0.3 is 9.84 Å². The van der Waals surface area contributed by atoms with Crippen LogP contribution in [0.2, 0.25) is 0 Å². The zero-order valence-corrected chi connectivity index (χ0v) is 9.72. The highest BCUT2D eigenvalue weighted by Crippen LogP contribution is 2.24. The van der Waals surface area contributed by atoms with Crippen LogP contribution in [-0.2, 0) is 4.74 Å². The number of aliphatic hydroxyl groups excluding tert-OH is 1. The highest BCUT2D eigenvalue weighted by atomic mass is 16.5. The Bertz CT molecular complexity index is 334. The van der Waals surface area contributed by atoms with E-state index in [0.717, 1.165) is 43.5 Å². The Morgan fingerprint density at radius 2 is 2.50 bits per heavy atom. The first-order valence-electron chi connectivity index (χ1n) is 5.98. The van der Waals surface area contributed by atoms with E-state index in [4.69, 9.17) is 4.74 Å². The average molecular weight is 221 g/mol. The summed E-state index contributed by atoms with van der Waals surface area (Å²) in [6.45, 7) is 2.86. The van der Waals surface area contributed by atoms with E-state index < -0.39 is 6.10 Å². The highest BCUT2D eigenvalue weighted by molar-refractivity contribution is 5.19. The molecule has 2 rings (SSSR count). The summed E-state index contributed by atoms with van der Waals surface area (Å²) in [5, 5.41) is 10.0. The first kappa shape index (κ1) is 11.6. The van der Waals surface area contributed by atoms with Gasteiger partial charge in [0.15, 0.2) is 0 Å². The molecule has 1 N–H and O–H groups in total. The average Bonchev–Trinajstić information content (AvgIpc) is 2.79. The lowest BCUT2D eigenvalue weighted by Crippen LogP contribution is -2.09. The lowest BCUT2D eigenvalue weighted by Gasteiger charge is -2.14. The van der Waals surface area contributed by atoms with Gasteiger partial charge in [-0.3, -0.25) is 4.98 Å². The predicted octanol–water partition coefficient (Wildman–Crippen LogP) is 2.38. The third kappa shape index (κ3) is 2.80. The van der Waals surface area contributed by atoms with Crippen LogP contribution in [-0.4, -0.2) is 22.8 Å². The van der Waals surface area contributed by atoms with Crippen LogP contribution in [0.15, 0.2) is 18.3 Å². The van der Waals surface area contributed by atoms with Gasteiger partial charge in [0.05, 0.1) is 17.9 Å². The molecule has 1 aliphatic rings. The summed E-state index contributed by atoms with van der Waals surface area (Å²) in [6, 6.07) is 3.88. The molecule has 1 aromatic rings. The second-order valence-electron chi connectivity index (χ2n) is 4.43. The monoisotopic (exact) mass is 221 g/mol. The van der Waals surface area contributed by atoms with Crippen LogP contribution in [0.1, 0.15) is 43.0 Å². The summed E-state index contributed by atoms with van der Waals surface area (Å²) in [5.74, 6) is 0. The molecule has 0 aromatic carbocycles. The molecule has 3 nitrogen and oxygen atoms in total. The van der Waals surface area contributed by atoms with Gasteiger partial charge >= 0.3 is 0 Å². The van der Waals surface area contributed by atoms with E-state index in [2.05, 4.69) is 4.98 Å². The van der Waals surface area contributed by atoms with Crippen LogP contribution in [0.5, 0.6) is 0 Å². The van der Waals surface area contributed by atoms with Crippen molar-refractivity contribution in [2.75, 3.05) is 6.61 Å². The number of aromatic nitrogens is 1. The SMILES string of the molecule is Cc1cccnc1C(O)CCC1CCCO1. The van der Waals surface area contributed by atoms with E-state index in [0.29, 0.717) is 6.10 Å². The molecule has 0 amide bonds. The molecule has 16 heavy (non-hydrogen) atoms. The molecule has 2 atom stereocenters. The zero-order chi connectivity index (χ0) is 11.4. The number of pyridine rings is 1. The largest absolute Gasteiger partial charge is 0.387 e. The van der Waals surface area contributed by atoms with Crippen molar-refractivity contribution in [3.8, 4) is 0 Å². The Balaban J connectivity index is 1.87. The fraction of sp³-hybridized carbons (Fsp3) is 0.615. The van der Waals surface area contributed by atoms with Crippen molar-refractivity contribution in [1.82, 2.24) is 4.98 Å². The number of aliphatic hydroxyl groups is 1. The minimum absolute atomic E-state index is 0.346. The van der Waals surface area contributed by atoms with Crippen LogP contribution in [0.25, 0.3) is 0 Å². The maximum Gasteiger partial charge on any atom is 0.0963 e. The Hall–Kier alpha value is -0.930. The molecule has 88 valence electrons. The van der Waals surface area contributed by atoms with Crippen molar-refractivity contribution in [1.29, 1.82) is 0 Å². The molecule has 0 bridgehead atoms. The third-order valence-electron chi connectivity index (χ3n) is 3.15. The Morgan fingerprint density at radius 3 is 3.19 bits per heavy atom. The molecule has 1 aromatic heterocycles. The van der Waals surface area contributed by atoms with E-state index in [1.807, 2.05) is 19.1 Å². The van der Waals surface area contributed by atoms with Gasteiger partial charge in [-0.05, 0) is 44.2 Å². The molecule has 1 saturated heterocycles. The minimum Gasteiger partial charge on any atom is -0.387 e. The van der Waals surface area contributed by atoms with Gasteiger partial charge in [0.25, 0.3) is 0 Å². The van der Waals surface area contributed by atoms with Crippen molar-refractivity contribution in [3.05, 3.63) is 29.6 Å². The number of rotatable bonds is 4. The van der Waals surface area contributed by atoms with Gasteiger partial charge in [-0.15, -0.1) is 0 Å². The van der Waals surface area contributed by atoms with Crippen LogP contribution >= 0.6 is 0 Å². The fourth-order valence-corrected chi connectivity index (χ4v) is 2.20. The minimum atomic E-state index is -0.453. The van der Waals surface area contributed by atoms with Gasteiger partial charge in [0.2, 0.25) is 0 Å². The first-order valence-corrected chi connectivity index (χ1v) is 5.98.